The van der Waals surface area contributed by atoms with Crippen molar-refractivity contribution in [3.05, 3.63) is 28.2 Å². The molecule has 1 aromatic rings. The molecule has 4 heteroatoms. The predicted molar refractivity (Wildman–Crippen MR) is 92.7 cm³/mol. The molecular weight excluding hydrogens is 314 g/mol. The SMILES string of the molecule is CCN(c1ccc(C(C)NC)c(Br)c1)C(C)CN(C)C. The molecule has 20 heavy (non-hydrogen) atoms. The Morgan fingerprint density at radius 2 is 1.90 bits per heavy atom. The van der Waals surface area contributed by atoms with E-state index in [2.05, 4.69) is 84.1 Å². The van der Waals surface area contributed by atoms with Crippen LogP contribution >= 0.6 is 15.9 Å². The predicted octanol–water partition coefficient (Wildman–Crippen LogP) is 3.51. The Kier molecular flexibility index (Phi) is 7.00. The minimum absolute atomic E-state index is 0.354. The van der Waals surface area contributed by atoms with Crippen LogP contribution in [-0.2, 0) is 0 Å². The lowest BCUT2D eigenvalue weighted by molar-refractivity contribution is 0.373. The first-order chi connectivity index (χ1) is 9.40. The van der Waals surface area contributed by atoms with Gasteiger partial charge < -0.3 is 15.1 Å². The fourth-order valence-corrected chi connectivity index (χ4v) is 3.29. The third kappa shape index (κ3) is 4.47. The molecule has 0 radical (unpaired) electrons. The molecule has 0 fully saturated rings. The summed E-state index contributed by atoms with van der Waals surface area (Å²) in [5.74, 6) is 0. The number of benzene rings is 1. The highest BCUT2D eigenvalue weighted by atomic mass is 79.9. The minimum Gasteiger partial charge on any atom is -0.368 e. The van der Waals surface area contributed by atoms with Gasteiger partial charge >= 0.3 is 0 Å². The van der Waals surface area contributed by atoms with Crippen molar-refractivity contribution >= 4 is 21.6 Å². The molecule has 0 saturated heterocycles. The molecule has 0 saturated carbocycles. The van der Waals surface area contributed by atoms with Gasteiger partial charge in [-0.2, -0.15) is 0 Å². The molecule has 1 rings (SSSR count). The lowest BCUT2D eigenvalue weighted by Crippen LogP contribution is -2.40. The van der Waals surface area contributed by atoms with Gasteiger partial charge in [-0.25, -0.2) is 0 Å². The van der Waals surface area contributed by atoms with E-state index >= 15 is 0 Å². The highest BCUT2D eigenvalue weighted by molar-refractivity contribution is 9.10. The Bertz CT molecular complexity index is 420. The fraction of sp³-hybridized carbons (Fsp3) is 0.625. The second-order valence-electron chi connectivity index (χ2n) is 5.61. The molecule has 0 bridgehead atoms. The van der Waals surface area contributed by atoms with Crippen molar-refractivity contribution in [1.29, 1.82) is 0 Å². The molecule has 0 aliphatic rings. The van der Waals surface area contributed by atoms with Gasteiger partial charge in [0.05, 0.1) is 0 Å². The molecule has 0 amide bonds. The summed E-state index contributed by atoms with van der Waals surface area (Å²) < 4.78 is 1.17. The van der Waals surface area contributed by atoms with Gasteiger partial charge in [0.1, 0.15) is 0 Å². The van der Waals surface area contributed by atoms with Crippen LogP contribution in [0.2, 0.25) is 0 Å². The van der Waals surface area contributed by atoms with E-state index in [0.29, 0.717) is 12.1 Å². The summed E-state index contributed by atoms with van der Waals surface area (Å²) in [6.45, 7) is 8.74. The summed E-state index contributed by atoms with van der Waals surface area (Å²) >= 11 is 3.71. The Balaban J connectivity index is 2.97. The molecule has 0 heterocycles. The number of nitrogens with zero attached hydrogens (tertiary/aromatic N) is 2. The largest absolute Gasteiger partial charge is 0.368 e. The van der Waals surface area contributed by atoms with Gasteiger partial charge in [0.15, 0.2) is 0 Å². The zero-order valence-corrected chi connectivity index (χ0v) is 15.2. The molecule has 0 aromatic heterocycles. The molecule has 1 N–H and O–H groups in total. The average Bonchev–Trinajstić information content (AvgIpc) is 2.38. The number of nitrogens with one attached hydrogen (secondary N) is 1. The number of halogens is 1. The van der Waals surface area contributed by atoms with Crippen LogP contribution in [0.3, 0.4) is 0 Å². The Morgan fingerprint density at radius 1 is 1.25 bits per heavy atom. The van der Waals surface area contributed by atoms with E-state index < -0.39 is 0 Å². The van der Waals surface area contributed by atoms with Crippen LogP contribution < -0.4 is 10.2 Å². The topological polar surface area (TPSA) is 18.5 Å². The fourth-order valence-electron chi connectivity index (χ4n) is 2.58. The van der Waals surface area contributed by atoms with Crippen LogP contribution in [0, 0.1) is 0 Å². The number of anilines is 1. The van der Waals surface area contributed by atoms with Crippen LogP contribution in [0.15, 0.2) is 22.7 Å². The van der Waals surface area contributed by atoms with E-state index in [4.69, 9.17) is 0 Å². The Morgan fingerprint density at radius 3 is 2.35 bits per heavy atom. The molecule has 0 aliphatic heterocycles. The van der Waals surface area contributed by atoms with Gasteiger partial charge in [-0.3, -0.25) is 0 Å². The molecule has 0 spiro atoms. The molecule has 0 aliphatic carbocycles. The third-order valence-electron chi connectivity index (χ3n) is 3.72. The van der Waals surface area contributed by atoms with E-state index in [9.17, 15) is 0 Å². The molecule has 1 aromatic carbocycles. The summed E-state index contributed by atoms with van der Waals surface area (Å²) in [6.07, 6.45) is 0. The van der Waals surface area contributed by atoms with Crippen LogP contribution in [0.4, 0.5) is 5.69 Å². The summed E-state index contributed by atoms with van der Waals surface area (Å²) in [6, 6.07) is 7.52. The lowest BCUT2D eigenvalue weighted by atomic mass is 10.1. The monoisotopic (exact) mass is 341 g/mol. The Hall–Kier alpha value is -0.580. The standard InChI is InChI=1S/C16H28BrN3/c1-7-20(12(2)11-19(5)6)14-8-9-15(13(3)18-4)16(17)10-14/h8-10,12-13,18H,7,11H2,1-6H3. The van der Waals surface area contributed by atoms with E-state index in [0.717, 1.165) is 13.1 Å². The number of likely N-dealkylation sites (N-methyl/N-ethyl adjacent to an activating group) is 2. The summed E-state index contributed by atoms with van der Waals surface area (Å²) in [4.78, 5) is 4.68. The molecular formula is C16H28BrN3. The number of hydrogen-bond acceptors (Lipinski definition) is 3. The minimum atomic E-state index is 0.354. The highest BCUT2D eigenvalue weighted by Gasteiger charge is 2.15. The van der Waals surface area contributed by atoms with Crippen molar-refractivity contribution in [2.45, 2.75) is 32.9 Å². The van der Waals surface area contributed by atoms with E-state index in [-0.39, 0.29) is 0 Å². The van der Waals surface area contributed by atoms with Crippen molar-refractivity contribution in [2.75, 3.05) is 39.1 Å². The first-order valence-corrected chi connectivity index (χ1v) is 8.08. The van der Waals surface area contributed by atoms with E-state index in [1.807, 2.05) is 7.05 Å². The van der Waals surface area contributed by atoms with Gasteiger partial charge in [-0.15, -0.1) is 0 Å². The maximum absolute atomic E-state index is 3.71. The lowest BCUT2D eigenvalue weighted by Gasteiger charge is -2.32. The first kappa shape index (κ1) is 17.5. The van der Waals surface area contributed by atoms with Crippen LogP contribution in [0.1, 0.15) is 32.4 Å². The normalized spacial score (nSPS) is 14.4. The molecule has 2 unspecified atom stereocenters. The maximum Gasteiger partial charge on any atom is 0.0388 e. The summed E-state index contributed by atoms with van der Waals surface area (Å²) in [5, 5.41) is 3.28. The molecule has 3 nitrogen and oxygen atoms in total. The third-order valence-corrected chi connectivity index (χ3v) is 4.40. The van der Waals surface area contributed by atoms with Gasteiger partial charge in [0, 0.05) is 35.3 Å². The van der Waals surface area contributed by atoms with Gasteiger partial charge in [0.2, 0.25) is 0 Å². The van der Waals surface area contributed by atoms with Crippen LogP contribution in [0.25, 0.3) is 0 Å². The molecule has 114 valence electrons. The highest BCUT2D eigenvalue weighted by Crippen LogP contribution is 2.29. The van der Waals surface area contributed by atoms with E-state index in [1.165, 1.54) is 15.7 Å². The maximum atomic E-state index is 3.71. The van der Waals surface area contributed by atoms with Gasteiger partial charge in [0.25, 0.3) is 0 Å². The van der Waals surface area contributed by atoms with Crippen molar-refractivity contribution in [2.24, 2.45) is 0 Å². The number of hydrogen-bond donors (Lipinski definition) is 1. The van der Waals surface area contributed by atoms with Gasteiger partial charge in [-0.05, 0) is 59.6 Å². The van der Waals surface area contributed by atoms with E-state index in [1.54, 1.807) is 0 Å². The summed E-state index contributed by atoms with van der Waals surface area (Å²) in [5.41, 5.74) is 2.58. The zero-order valence-electron chi connectivity index (χ0n) is 13.6. The number of rotatable bonds is 7. The second kappa shape index (κ2) is 8.01. The first-order valence-electron chi connectivity index (χ1n) is 7.28. The Labute approximate surface area is 132 Å². The van der Waals surface area contributed by atoms with Crippen LogP contribution in [-0.4, -0.2) is 45.2 Å². The van der Waals surface area contributed by atoms with Crippen molar-refractivity contribution in [3.63, 3.8) is 0 Å². The van der Waals surface area contributed by atoms with Crippen molar-refractivity contribution in [3.8, 4) is 0 Å². The second-order valence-corrected chi connectivity index (χ2v) is 6.47. The van der Waals surface area contributed by atoms with Crippen molar-refractivity contribution in [1.82, 2.24) is 10.2 Å². The zero-order chi connectivity index (χ0) is 15.3. The van der Waals surface area contributed by atoms with Gasteiger partial charge in [-0.1, -0.05) is 22.0 Å². The quantitative estimate of drug-likeness (QED) is 0.818. The molecule has 2 atom stereocenters. The smallest absolute Gasteiger partial charge is 0.0388 e. The van der Waals surface area contributed by atoms with Crippen molar-refractivity contribution < 1.29 is 0 Å². The average molecular weight is 342 g/mol. The summed E-state index contributed by atoms with van der Waals surface area (Å²) in [7, 11) is 6.23. The van der Waals surface area contributed by atoms with Crippen LogP contribution in [0.5, 0.6) is 0 Å².